The molecule has 2 rings (SSSR count). The van der Waals surface area contributed by atoms with Crippen molar-refractivity contribution in [1.29, 1.82) is 5.26 Å². The fourth-order valence-electron chi connectivity index (χ4n) is 1.39. The fourth-order valence-corrected chi connectivity index (χ4v) is 2.31. The normalized spacial score (nSPS) is 9.75. The lowest BCUT2D eigenvalue weighted by molar-refractivity contribution is 1.13. The van der Waals surface area contributed by atoms with Crippen molar-refractivity contribution >= 4 is 11.8 Å². The third kappa shape index (κ3) is 2.23. The fraction of sp³-hybridized carbons (Fsp3) is 0.0769. The number of benzene rings is 1. The van der Waals surface area contributed by atoms with E-state index in [0.29, 0.717) is 5.56 Å². The SMILES string of the molecule is Cc1cccc(C#N)c1Sc1ccccn1. The summed E-state index contributed by atoms with van der Waals surface area (Å²) in [7, 11) is 0. The molecule has 2 aromatic rings. The van der Waals surface area contributed by atoms with Crippen LogP contribution >= 0.6 is 11.8 Å². The van der Waals surface area contributed by atoms with Gasteiger partial charge in [0.05, 0.1) is 5.56 Å². The van der Waals surface area contributed by atoms with Crippen LogP contribution in [-0.4, -0.2) is 4.98 Å². The maximum absolute atomic E-state index is 9.04. The van der Waals surface area contributed by atoms with Gasteiger partial charge in [0.25, 0.3) is 0 Å². The van der Waals surface area contributed by atoms with Crippen molar-refractivity contribution in [2.45, 2.75) is 16.8 Å². The first-order chi connectivity index (χ1) is 7.81. The predicted molar refractivity (Wildman–Crippen MR) is 64.3 cm³/mol. The highest BCUT2D eigenvalue weighted by Crippen LogP contribution is 2.31. The van der Waals surface area contributed by atoms with E-state index in [-0.39, 0.29) is 0 Å². The van der Waals surface area contributed by atoms with Gasteiger partial charge in [-0.1, -0.05) is 30.0 Å². The minimum Gasteiger partial charge on any atom is -0.250 e. The highest BCUT2D eigenvalue weighted by Gasteiger charge is 2.07. The lowest BCUT2D eigenvalue weighted by Gasteiger charge is -2.06. The van der Waals surface area contributed by atoms with E-state index in [1.807, 2.05) is 43.3 Å². The van der Waals surface area contributed by atoms with E-state index in [1.165, 1.54) is 11.8 Å². The molecule has 2 nitrogen and oxygen atoms in total. The van der Waals surface area contributed by atoms with Gasteiger partial charge >= 0.3 is 0 Å². The van der Waals surface area contributed by atoms with Crippen LogP contribution in [0, 0.1) is 18.3 Å². The summed E-state index contributed by atoms with van der Waals surface area (Å²) in [6, 6.07) is 13.7. The summed E-state index contributed by atoms with van der Waals surface area (Å²) < 4.78 is 0. The van der Waals surface area contributed by atoms with Crippen LogP contribution in [0.4, 0.5) is 0 Å². The van der Waals surface area contributed by atoms with Gasteiger partial charge in [-0.25, -0.2) is 4.98 Å². The van der Waals surface area contributed by atoms with Crippen molar-refractivity contribution in [3.63, 3.8) is 0 Å². The summed E-state index contributed by atoms with van der Waals surface area (Å²) in [6.07, 6.45) is 1.76. The molecule has 0 saturated carbocycles. The Balaban J connectivity index is 2.39. The molecule has 0 aliphatic heterocycles. The van der Waals surface area contributed by atoms with Crippen molar-refractivity contribution in [2.24, 2.45) is 0 Å². The molecule has 0 saturated heterocycles. The molecular formula is C13H10N2S. The van der Waals surface area contributed by atoms with E-state index in [1.54, 1.807) is 6.20 Å². The summed E-state index contributed by atoms with van der Waals surface area (Å²) >= 11 is 1.53. The Labute approximate surface area is 99.0 Å². The first-order valence-electron chi connectivity index (χ1n) is 4.90. The molecule has 3 heteroatoms. The number of aromatic nitrogens is 1. The van der Waals surface area contributed by atoms with E-state index in [9.17, 15) is 0 Å². The Morgan fingerprint density at radius 1 is 1.19 bits per heavy atom. The summed E-state index contributed by atoms with van der Waals surface area (Å²) in [5.41, 5.74) is 1.81. The molecule has 1 heterocycles. The topological polar surface area (TPSA) is 36.7 Å². The number of nitrogens with zero attached hydrogens (tertiary/aromatic N) is 2. The van der Waals surface area contributed by atoms with Crippen molar-refractivity contribution in [2.75, 3.05) is 0 Å². The number of hydrogen-bond acceptors (Lipinski definition) is 3. The van der Waals surface area contributed by atoms with Crippen LogP contribution in [-0.2, 0) is 0 Å². The smallest absolute Gasteiger partial charge is 0.101 e. The summed E-state index contributed by atoms with van der Waals surface area (Å²) in [5, 5.41) is 9.95. The summed E-state index contributed by atoms with van der Waals surface area (Å²) in [4.78, 5) is 5.23. The van der Waals surface area contributed by atoms with E-state index < -0.39 is 0 Å². The number of rotatable bonds is 2. The Bertz CT molecular complexity index is 529. The lowest BCUT2D eigenvalue weighted by atomic mass is 10.1. The van der Waals surface area contributed by atoms with Gasteiger partial charge in [0.2, 0.25) is 0 Å². The largest absolute Gasteiger partial charge is 0.250 e. The van der Waals surface area contributed by atoms with Crippen molar-refractivity contribution in [3.8, 4) is 6.07 Å². The predicted octanol–water partition coefficient (Wildman–Crippen LogP) is 3.41. The molecule has 0 unspecified atom stereocenters. The van der Waals surface area contributed by atoms with Crippen LogP contribution in [0.15, 0.2) is 52.5 Å². The average Bonchev–Trinajstić information content (AvgIpc) is 2.33. The van der Waals surface area contributed by atoms with E-state index >= 15 is 0 Å². The van der Waals surface area contributed by atoms with Crippen LogP contribution in [0.2, 0.25) is 0 Å². The van der Waals surface area contributed by atoms with Gasteiger partial charge in [-0.15, -0.1) is 0 Å². The van der Waals surface area contributed by atoms with Crippen molar-refractivity contribution in [1.82, 2.24) is 4.98 Å². The number of pyridine rings is 1. The minimum atomic E-state index is 0.704. The molecule has 0 fully saturated rings. The van der Waals surface area contributed by atoms with E-state index in [4.69, 9.17) is 5.26 Å². The lowest BCUT2D eigenvalue weighted by Crippen LogP contribution is -1.86. The molecule has 16 heavy (non-hydrogen) atoms. The number of aryl methyl sites for hydroxylation is 1. The van der Waals surface area contributed by atoms with Gasteiger partial charge in [0.1, 0.15) is 11.1 Å². The number of hydrogen-bond donors (Lipinski definition) is 0. The third-order valence-corrected chi connectivity index (χ3v) is 3.37. The average molecular weight is 226 g/mol. The first-order valence-corrected chi connectivity index (χ1v) is 5.71. The molecule has 0 atom stereocenters. The molecule has 1 aromatic carbocycles. The molecular weight excluding hydrogens is 216 g/mol. The van der Waals surface area contributed by atoms with E-state index in [0.717, 1.165) is 15.5 Å². The van der Waals surface area contributed by atoms with Gasteiger partial charge in [0, 0.05) is 11.1 Å². The molecule has 0 aliphatic rings. The highest BCUT2D eigenvalue weighted by molar-refractivity contribution is 7.99. The zero-order valence-corrected chi connectivity index (χ0v) is 9.66. The molecule has 0 aliphatic carbocycles. The van der Waals surface area contributed by atoms with Gasteiger partial charge in [-0.2, -0.15) is 5.26 Å². The maximum Gasteiger partial charge on any atom is 0.101 e. The molecule has 1 aromatic heterocycles. The zero-order chi connectivity index (χ0) is 11.4. The Morgan fingerprint density at radius 2 is 2.06 bits per heavy atom. The molecule has 0 bridgehead atoms. The Hall–Kier alpha value is -1.79. The van der Waals surface area contributed by atoms with Crippen LogP contribution in [0.3, 0.4) is 0 Å². The number of nitriles is 1. The Morgan fingerprint density at radius 3 is 2.75 bits per heavy atom. The highest BCUT2D eigenvalue weighted by atomic mass is 32.2. The van der Waals surface area contributed by atoms with Gasteiger partial charge in [-0.3, -0.25) is 0 Å². The third-order valence-electron chi connectivity index (χ3n) is 2.18. The quantitative estimate of drug-likeness (QED) is 0.787. The maximum atomic E-state index is 9.04. The molecule has 0 amide bonds. The Kier molecular flexibility index (Phi) is 3.23. The molecule has 0 radical (unpaired) electrons. The van der Waals surface area contributed by atoms with Crippen LogP contribution in [0.5, 0.6) is 0 Å². The molecule has 0 spiro atoms. The zero-order valence-electron chi connectivity index (χ0n) is 8.84. The van der Waals surface area contributed by atoms with Crippen LogP contribution in [0.1, 0.15) is 11.1 Å². The minimum absolute atomic E-state index is 0.704. The second kappa shape index (κ2) is 4.82. The van der Waals surface area contributed by atoms with Crippen molar-refractivity contribution < 1.29 is 0 Å². The summed E-state index contributed by atoms with van der Waals surface area (Å²) in [5.74, 6) is 0. The first kappa shape index (κ1) is 10.7. The summed E-state index contributed by atoms with van der Waals surface area (Å²) in [6.45, 7) is 2.01. The second-order valence-electron chi connectivity index (χ2n) is 3.33. The second-order valence-corrected chi connectivity index (χ2v) is 4.36. The van der Waals surface area contributed by atoms with Crippen molar-refractivity contribution in [3.05, 3.63) is 53.7 Å². The van der Waals surface area contributed by atoms with E-state index in [2.05, 4.69) is 11.1 Å². The molecule has 0 N–H and O–H groups in total. The van der Waals surface area contributed by atoms with Crippen LogP contribution in [0.25, 0.3) is 0 Å². The van der Waals surface area contributed by atoms with Gasteiger partial charge in [-0.05, 0) is 30.7 Å². The monoisotopic (exact) mass is 226 g/mol. The van der Waals surface area contributed by atoms with Gasteiger partial charge in [0.15, 0.2) is 0 Å². The van der Waals surface area contributed by atoms with Gasteiger partial charge < -0.3 is 0 Å². The van der Waals surface area contributed by atoms with Crippen LogP contribution < -0.4 is 0 Å². The molecule has 78 valence electrons. The standard InChI is InChI=1S/C13H10N2S/c1-10-5-4-6-11(9-14)13(10)16-12-7-2-3-8-15-12/h2-8H,1H3.